The molecule has 0 aliphatic rings. The molecule has 14 heavy (non-hydrogen) atoms. The fourth-order valence-corrected chi connectivity index (χ4v) is 1.08. The predicted molar refractivity (Wildman–Crippen MR) is 60.6 cm³/mol. The molecule has 0 amide bonds. The van der Waals surface area contributed by atoms with E-state index in [9.17, 15) is 0 Å². The average Bonchev–Trinajstić information content (AvgIpc) is 2.03. The maximum Gasteiger partial charge on any atom is 0.0660 e. The molecule has 0 unspecified atom stereocenters. The molecule has 0 bridgehead atoms. The third-order valence-electron chi connectivity index (χ3n) is 2.39. The van der Waals surface area contributed by atoms with Crippen molar-refractivity contribution in [1.29, 1.82) is 0 Å². The van der Waals surface area contributed by atoms with Crippen LogP contribution in [0.3, 0.4) is 0 Å². The van der Waals surface area contributed by atoms with Crippen LogP contribution in [0.5, 0.6) is 0 Å². The summed E-state index contributed by atoms with van der Waals surface area (Å²) in [7, 11) is 1.73. The number of methoxy groups -OCH3 is 1. The van der Waals surface area contributed by atoms with Crippen molar-refractivity contribution in [3.05, 3.63) is 12.7 Å². The smallest absolute Gasteiger partial charge is 0.0660 e. The molecule has 0 saturated carbocycles. The van der Waals surface area contributed by atoms with E-state index in [1.165, 1.54) is 0 Å². The second-order valence-corrected chi connectivity index (χ2v) is 4.81. The van der Waals surface area contributed by atoms with Gasteiger partial charge in [-0.1, -0.05) is 6.08 Å². The van der Waals surface area contributed by atoms with Crippen LogP contribution >= 0.6 is 0 Å². The summed E-state index contributed by atoms with van der Waals surface area (Å²) in [6.07, 6.45) is 3.67. The highest BCUT2D eigenvalue weighted by Gasteiger charge is 2.20. The van der Waals surface area contributed by atoms with Crippen molar-refractivity contribution in [2.24, 2.45) is 0 Å². The molecule has 0 aromatic rings. The van der Waals surface area contributed by atoms with Gasteiger partial charge in [-0.15, -0.1) is 6.58 Å². The normalized spacial score (nSPS) is 12.9. The van der Waals surface area contributed by atoms with Crippen molar-refractivity contribution >= 4 is 0 Å². The van der Waals surface area contributed by atoms with Gasteiger partial charge in [0.05, 0.1) is 17.8 Å². The Labute approximate surface area is 88.3 Å². The van der Waals surface area contributed by atoms with E-state index in [1.807, 2.05) is 6.08 Å². The van der Waals surface area contributed by atoms with Crippen LogP contribution in [0.25, 0.3) is 0 Å². The van der Waals surface area contributed by atoms with Crippen LogP contribution in [0.4, 0.5) is 0 Å². The molecule has 0 heterocycles. The first-order valence-corrected chi connectivity index (χ1v) is 5.13. The van der Waals surface area contributed by atoms with E-state index < -0.39 is 0 Å². The van der Waals surface area contributed by atoms with Crippen LogP contribution in [0.15, 0.2) is 12.7 Å². The zero-order valence-electron chi connectivity index (χ0n) is 10.2. The van der Waals surface area contributed by atoms with Crippen LogP contribution in [-0.2, 0) is 9.47 Å². The van der Waals surface area contributed by atoms with Gasteiger partial charge in [-0.3, -0.25) is 0 Å². The summed E-state index contributed by atoms with van der Waals surface area (Å²) in [4.78, 5) is 0. The molecule has 0 saturated heterocycles. The summed E-state index contributed by atoms with van der Waals surface area (Å²) in [6.45, 7) is 12.7. The molecule has 2 heteroatoms. The zero-order valence-corrected chi connectivity index (χ0v) is 10.2. The van der Waals surface area contributed by atoms with E-state index in [2.05, 4.69) is 34.3 Å². The number of hydrogen-bond donors (Lipinski definition) is 0. The Morgan fingerprint density at radius 2 is 1.71 bits per heavy atom. The van der Waals surface area contributed by atoms with E-state index in [1.54, 1.807) is 7.11 Å². The Kier molecular flexibility index (Phi) is 5.38. The highest BCUT2D eigenvalue weighted by atomic mass is 16.5. The van der Waals surface area contributed by atoms with Gasteiger partial charge in [0.25, 0.3) is 0 Å². The van der Waals surface area contributed by atoms with Gasteiger partial charge >= 0.3 is 0 Å². The summed E-state index contributed by atoms with van der Waals surface area (Å²) < 4.78 is 11.1. The maximum absolute atomic E-state index is 5.76. The second kappa shape index (κ2) is 5.52. The summed E-state index contributed by atoms with van der Waals surface area (Å²) in [5, 5.41) is 0. The first kappa shape index (κ1) is 13.7. The van der Waals surface area contributed by atoms with Crippen molar-refractivity contribution in [1.82, 2.24) is 0 Å². The van der Waals surface area contributed by atoms with Gasteiger partial charge in [-0.2, -0.15) is 0 Å². The molecule has 0 aromatic carbocycles. The topological polar surface area (TPSA) is 18.5 Å². The van der Waals surface area contributed by atoms with Gasteiger partial charge in [-0.25, -0.2) is 0 Å². The summed E-state index contributed by atoms with van der Waals surface area (Å²) in [5.74, 6) is 0. The highest BCUT2D eigenvalue weighted by molar-refractivity contribution is 4.80. The van der Waals surface area contributed by atoms with Crippen LogP contribution in [0.2, 0.25) is 0 Å². The van der Waals surface area contributed by atoms with Crippen LogP contribution < -0.4 is 0 Å². The maximum atomic E-state index is 5.76. The molecule has 0 fully saturated rings. The van der Waals surface area contributed by atoms with Crippen molar-refractivity contribution in [3.63, 3.8) is 0 Å². The van der Waals surface area contributed by atoms with Gasteiger partial charge in [0.15, 0.2) is 0 Å². The van der Waals surface area contributed by atoms with E-state index in [0.29, 0.717) is 0 Å². The third-order valence-corrected chi connectivity index (χ3v) is 2.39. The van der Waals surface area contributed by atoms with Crippen molar-refractivity contribution in [2.45, 2.75) is 51.7 Å². The van der Waals surface area contributed by atoms with E-state index in [-0.39, 0.29) is 11.2 Å². The minimum atomic E-state index is -0.106. The van der Waals surface area contributed by atoms with E-state index in [4.69, 9.17) is 9.47 Å². The average molecular weight is 200 g/mol. The number of hydrogen-bond acceptors (Lipinski definition) is 2. The third kappa shape index (κ3) is 6.17. The molecule has 2 nitrogen and oxygen atoms in total. The lowest BCUT2D eigenvalue weighted by atomic mass is 10.0. The van der Waals surface area contributed by atoms with Crippen LogP contribution in [0.1, 0.15) is 40.5 Å². The molecule has 0 N–H and O–H groups in total. The van der Waals surface area contributed by atoms with Gasteiger partial charge in [0.2, 0.25) is 0 Å². The van der Waals surface area contributed by atoms with Crippen molar-refractivity contribution < 1.29 is 9.47 Å². The molecular weight excluding hydrogens is 176 g/mol. The summed E-state index contributed by atoms with van der Waals surface area (Å²) in [5.41, 5.74) is -0.199. The van der Waals surface area contributed by atoms with Crippen LogP contribution in [0, 0.1) is 0 Å². The Bertz CT molecular complexity index is 171. The molecule has 0 aromatic heterocycles. The molecule has 0 rings (SSSR count). The lowest BCUT2D eigenvalue weighted by Crippen LogP contribution is -2.29. The number of rotatable bonds is 7. The van der Waals surface area contributed by atoms with Gasteiger partial charge in [0.1, 0.15) is 0 Å². The molecule has 0 spiro atoms. The van der Waals surface area contributed by atoms with E-state index in [0.717, 1.165) is 19.4 Å². The molecule has 0 aliphatic carbocycles. The van der Waals surface area contributed by atoms with Crippen molar-refractivity contribution in [3.8, 4) is 0 Å². The largest absolute Gasteiger partial charge is 0.379 e. The molecule has 84 valence electrons. The lowest BCUT2D eigenvalue weighted by molar-refractivity contribution is -0.0564. The number of ether oxygens (including phenoxy) is 2. The highest BCUT2D eigenvalue weighted by Crippen LogP contribution is 2.18. The zero-order chi connectivity index (χ0) is 11.2. The first-order chi connectivity index (χ1) is 6.33. The SMILES string of the molecule is C=CCC(C)(C)OCCC(C)(C)OC. The monoisotopic (exact) mass is 200 g/mol. The molecule has 0 atom stereocenters. The van der Waals surface area contributed by atoms with Crippen molar-refractivity contribution in [2.75, 3.05) is 13.7 Å². The Morgan fingerprint density at radius 1 is 1.14 bits per heavy atom. The minimum Gasteiger partial charge on any atom is -0.379 e. The van der Waals surface area contributed by atoms with Crippen LogP contribution in [-0.4, -0.2) is 24.9 Å². The predicted octanol–water partition coefficient (Wildman–Crippen LogP) is 3.17. The summed E-state index contributed by atoms with van der Waals surface area (Å²) in [6, 6.07) is 0. The molecular formula is C12H24O2. The van der Waals surface area contributed by atoms with Gasteiger partial charge in [-0.05, 0) is 40.5 Å². The van der Waals surface area contributed by atoms with Gasteiger partial charge in [0, 0.05) is 7.11 Å². The quantitative estimate of drug-likeness (QED) is 0.588. The Hall–Kier alpha value is -0.340. The molecule has 0 aliphatic heterocycles. The minimum absolute atomic E-state index is 0.0930. The lowest BCUT2D eigenvalue weighted by Gasteiger charge is -2.28. The fourth-order valence-electron chi connectivity index (χ4n) is 1.08. The Balaban J connectivity index is 3.78. The summed E-state index contributed by atoms with van der Waals surface area (Å²) >= 11 is 0. The second-order valence-electron chi connectivity index (χ2n) is 4.81. The Morgan fingerprint density at radius 3 is 2.14 bits per heavy atom. The standard InChI is InChI=1S/C12H24O2/c1-7-8-12(4,5)14-10-9-11(2,3)13-6/h7H,1,8-10H2,2-6H3. The van der Waals surface area contributed by atoms with Gasteiger partial charge < -0.3 is 9.47 Å². The molecule has 0 radical (unpaired) electrons. The first-order valence-electron chi connectivity index (χ1n) is 5.13. The fraction of sp³-hybridized carbons (Fsp3) is 0.833. The van der Waals surface area contributed by atoms with E-state index >= 15 is 0 Å².